The van der Waals surface area contributed by atoms with Crippen molar-refractivity contribution in [2.24, 2.45) is 0 Å². The van der Waals surface area contributed by atoms with Gasteiger partial charge in [0.15, 0.2) is 0 Å². The lowest BCUT2D eigenvalue weighted by molar-refractivity contribution is 0.0814. The van der Waals surface area contributed by atoms with Crippen molar-refractivity contribution < 1.29 is 9.18 Å². The summed E-state index contributed by atoms with van der Waals surface area (Å²) in [5, 5.41) is 0.301. The Balaban J connectivity index is 1.33. The third-order valence-corrected chi connectivity index (χ3v) is 7.76. The number of halogens is 2. The van der Waals surface area contributed by atoms with E-state index in [1.807, 2.05) is 29.7 Å². The molecule has 0 atom stereocenters. The Morgan fingerprint density at radius 2 is 2.06 bits per heavy atom. The van der Waals surface area contributed by atoms with Crippen molar-refractivity contribution in [3.05, 3.63) is 86.6 Å². The van der Waals surface area contributed by atoms with Crippen LogP contribution in [0.15, 0.2) is 58.8 Å². The third-order valence-electron chi connectivity index (χ3n) is 7.57. The zero-order chi connectivity index (χ0) is 25.4. The summed E-state index contributed by atoms with van der Waals surface area (Å²) in [6.07, 6.45) is 11.9. The van der Waals surface area contributed by atoms with E-state index < -0.39 is 0 Å². The molecular formula is C27H29BClFN4O2. The molecule has 2 aliphatic heterocycles. The van der Waals surface area contributed by atoms with Crippen molar-refractivity contribution in [1.82, 2.24) is 19.4 Å². The number of aryl methyl sites for hydroxylation is 1. The Morgan fingerprint density at radius 3 is 2.81 bits per heavy atom. The zero-order valence-electron chi connectivity index (χ0n) is 20.4. The molecule has 2 aromatic heterocycles. The van der Waals surface area contributed by atoms with Crippen LogP contribution in [0.1, 0.15) is 59.9 Å². The van der Waals surface area contributed by atoms with Crippen LogP contribution in [0.4, 0.5) is 4.39 Å². The fourth-order valence-electron chi connectivity index (χ4n) is 5.80. The number of nitrogens with zero attached hydrogens (tertiary/aromatic N) is 3. The van der Waals surface area contributed by atoms with E-state index in [4.69, 9.17) is 11.6 Å². The maximum Gasteiger partial charge on any atom is 0.326 e. The number of aromatic nitrogens is 3. The molecule has 1 fully saturated rings. The minimum atomic E-state index is -0.117. The summed E-state index contributed by atoms with van der Waals surface area (Å²) in [6, 6.07) is 3.58. The van der Waals surface area contributed by atoms with Crippen LogP contribution in [-0.4, -0.2) is 38.6 Å². The lowest BCUT2D eigenvalue weighted by atomic mass is 9.39. The van der Waals surface area contributed by atoms with Gasteiger partial charge in [-0.2, -0.15) is 0 Å². The first kappa shape index (κ1) is 24.6. The van der Waals surface area contributed by atoms with Crippen molar-refractivity contribution in [2.75, 3.05) is 6.54 Å². The molecule has 0 aromatic carbocycles. The first-order valence-electron chi connectivity index (χ1n) is 12.5. The molecule has 3 aliphatic rings. The highest BCUT2D eigenvalue weighted by atomic mass is 35.5. The summed E-state index contributed by atoms with van der Waals surface area (Å²) >= 11 is 6.38. The van der Waals surface area contributed by atoms with E-state index in [0.29, 0.717) is 36.5 Å². The maximum atomic E-state index is 13.7. The SMILES string of the molecule is C=C/C=C\c1c(C)[nH]c(=O)n1C1CCB(c2cc(C(=O)N3CCC4=C3CCC(F)=C4)cc(Cl)n2)CC1. The van der Waals surface area contributed by atoms with Gasteiger partial charge in [0.2, 0.25) is 6.71 Å². The topological polar surface area (TPSA) is 71.0 Å². The van der Waals surface area contributed by atoms with Crippen LogP contribution in [0.3, 0.4) is 0 Å². The van der Waals surface area contributed by atoms with E-state index in [2.05, 4.69) is 16.5 Å². The lowest BCUT2D eigenvalue weighted by Crippen LogP contribution is -2.39. The summed E-state index contributed by atoms with van der Waals surface area (Å²) < 4.78 is 15.5. The number of allylic oxidation sites excluding steroid dienone is 5. The molecule has 4 heterocycles. The van der Waals surface area contributed by atoms with Crippen molar-refractivity contribution in [3.63, 3.8) is 0 Å². The van der Waals surface area contributed by atoms with Gasteiger partial charge >= 0.3 is 5.69 Å². The Kier molecular flexibility index (Phi) is 6.89. The van der Waals surface area contributed by atoms with Gasteiger partial charge in [0.1, 0.15) is 11.0 Å². The number of imidazole rings is 1. The molecule has 1 saturated heterocycles. The van der Waals surface area contributed by atoms with Gasteiger partial charge < -0.3 is 9.88 Å². The van der Waals surface area contributed by atoms with Crippen LogP contribution < -0.4 is 11.3 Å². The summed E-state index contributed by atoms with van der Waals surface area (Å²) in [4.78, 5) is 35.3. The third kappa shape index (κ3) is 4.66. The molecule has 1 amide bonds. The molecule has 0 saturated carbocycles. The predicted octanol–water partition coefficient (Wildman–Crippen LogP) is 5.22. The van der Waals surface area contributed by atoms with Gasteiger partial charge in [0.25, 0.3) is 5.91 Å². The van der Waals surface area contributed by atoms with Gasteiger partial charge in [-0.3, -0.25) is 14.3 Å². The van der Waals surface area contributed by atoms with Crippen molar-refractivity contribution in [2.45, 2.75) is 57.7 Å². The van der Waals surface area contributed by atoms with Crippen LogP contribution in [0.5, 0.6) is 0 Å². The van der Waals surface area contributed by atoms with E-state index in [1.165, 1.54) is 0 Å². The van der Waals surface area contributed by atoms with E-state index in [-0.39, 0.29) is 30.2 Å². The number of carbonyl (C=O) groups is 1. The highest BCUT2D eigenvalue weighted by Gasteiger charge is 2.32. The second-order valence-corrected chi connectivity index (χ2v) is 10.2. The molecule has 1 aliphatic carbocycles. The first-order chi connectivity index (χ1) is 17.4. The van der Waals surface area contributed by atoms with Crippen LogP contribution >= 0.6 is 11.6 Å². The fourth-order valence-corrected chi connectivity index (χ4v) is 6.01. The van der Waals surface area contributed by atoms with Crippen LogP contribution in [-0.2, 0) is 0 Å². The normalized spacial score (nSPS) is 18.7. The van der Waals surface area contributed by atoms with Crippen molar-refractivity contribution in [3.8, 4) is 0 Å². The lowest BCUT2D eigenvalue weighted by Gasteiger charge is -2.28. The minimum absolute atomic E-state index is 0.0925. The van der Waals surface area contributed by atoms with Gasteiger partial charge in [-0.05, 0) is 62.5 Å². The number of rotatable bonds is 5. The second-order valence-electron chi connectivity index (χ2n) is 9.78. The van der Waals surface area contributed by atoms with Gasteiger partial charge in [-0.15, -0.1) is 0 Å². The molecular weight excluding hydrogens is 478 g/mol. The average molecular weight is 507 g/mol. The maximum absolute atomic E-state index is 13.7. The Hall–Kier alpha value is -3.13. The van der Waals surface area contributed by atoms with Crippen molar-refractivity contribution >= 4 is 35.9 Å². The largest absolute Gasteiger partial charge is 0.326 e. The van der Waals surface area contributed by atoms with E-state index in [1.54, 1.807) is 23.1 Å². The van der Waals surface area contributed by atoms with Crippen LogP contribution in [0, 0.1) is 6.92 Å². The standard InChI is InChI=1S/C27H29BClFN4O2/c1-3-4-5-22-17(2)31-27(36)34(22)21-8-11-28(12-9-21)24-15-19(16-25(29)32-24)26(35)33-13-10-18-14-20(30)6-7-23(18)33/h3-5,14-16,21H,1,6-13H2,2H3,(H,31,36)/b5-4-. The Labute approximate surface area is 215 Å². The Bertz CT molecular complexity index is 1360. The molecule has 2 aromatic rings. The number of H-pyrrole nitrogens is 1. The number of pyridine rings is 1. The smallest absolute Gasteiger partial charge is 0.312 e. The van der Waals surface area contributed by atoms with Gasteiger partial charge in [-0.1, -0.05) is 43.0 Å². The number of hydrogen-bond donors (Lipinski definition) is 1. The van der Waals surface area contributed by atoms with E-state index >= 15 is 0 Å². The number of amides is 1. The zero-order valence-corrected chi connectivity index (χ0v) is 21.2. The predicted molar refractivity (Wildman–Crippen MR) is 143 cm³/mol. The van der Waals surface area contributed by atoms with Gasteiger partial charge in [0.05, 0.1) is 5.69 Å². The molecule has 1 N–H and O–H groups in total. The summed E-state index contributed by atoms with van der Waals surface area (Å²) in [5.41, 5.74) is 4.81. The van der Waals surface area contributed by atoms with E-state index in [9.17, 15) is 14.0 Å². The monoisotopic (exact) mass is 506 g/mol. The van der Waals surface area contributed by atoms with Crippen LogP contribution in [0.2, 0.25) is 17.8 Å². The molecule has 0 radical (unpaired) electrons. The number of carbonyl (C=O) groups excluding carboxylic acids is 1. The molecule has 0 spiro atoms. The molecule has 186 valence electrons. The summed E-state index contributed by atoms with van der Waals surface area (Å²) in [6.45, 7) is 6.34. The quantitative estimate of drug-likeness (QED) is 0.343. The average Bonchev–Trinajstić information content (AvgIpc) is 3.41. The number of hydrogen-bond acceptors (Lipinski definition) is 3. The van der Waals surface area contributed by atoms with E-state index in [0.717, 1.165) is 53.7 Å². The van der Waals surface area contributed by atoms with Gasteiger partial charge in [0, 0.05) is 41.6 Å². The second kappa shape index (κ2) is 10.1. The van der Waals surface area contributed by atoms with Crippen LogP contribution in [0.25, 0.3) is 6.08 Å². The fraction of sp³-hybridized carbons (Fsp3) is 0.370. The molecule has 5 rings (SSSR count). The highest BCUT2D eigenvalue weighted by molar-refractivity contribution is 6.72. The summed E-state index contributed by atoms with van der Waals surface area (Å²) in [5.74, 6) is -0.225. The molecule has 0 bridgehead atoms. The molecule has 6 nitrogen and oxygen atoms in total. The van der Waals surface area contributed by atoms with Gasteiger partial charge in [-0.25, -0.2) is 9.18 Å². The minimum Gasteiger partial charge on any atom is -0.312 e. The molecule has 36 heavy (non-hydrogen) atoms. The number of aromatic amines is 1. The molecule has 9 heteroatoms. The molecule has 0 unspecified atom stereocenters. The number of nitrogens with one attached hydrogen (secondary N) is 1. The highest BCUT2D eigenvalue weighted by Crippen LogP contribution is 2.35. The first-order valence-corrected chi connectivity index (χ1v) is 12.9. The Morgan fingerprint density at radius 1 is 1.28 bits per heavy atom. The van der Waals surface area contributed by atoms with Crippen molar-refractivity contribution in [1.29, 1.82) is 0 Å². The summed E-state index contributed by atoms with van der Waals surface area (Å²) in [7, 11) is 0.